The zero-order valence-corrected chi connectivity index (χ0v) is 13.7. The standard InChI is InChI=1S/C15H26N4O.ClH/c1-10(2)12-8-13(19-18-12)15(20)17-14(9-16)11-6-4-3-5-7-11;/h8,10-11,14H,3-7,9,16H2,1-2H3,(H,17,20)(H,18,19);1H. The Hall–Kier alpha value is -1.07. The number of halogens is 1. The largest absolute Gasteiger partial charge is 0.346 e. The van der Waals surface area contributed by atoms with Gasteiger partial charge in [-0.15, -0.1) is 12.4 Å². The molecular weight excluding hydrogens is 288 g/mol. The van der Waals surface area contributed by atoms with Gasteiger partial charge in [-0.2, -0.15) is 5.10 Å². The maximum atomic E-state index is 12.2. The van der Waals surface area contributed by atoms with Crippen LogP contribution in [-0.4, -0.2) is 28.7 Å². The van der Waals surface area contributed by atoms with Crippen LogP contribution < -0.4 is 11.1 Å². The quantitative estimate of drug-likeness (QED) is 0.781. The van der Waals surface area contributed by atoms with E-state index in [1.807, 2.05) is 6.07 Å². The molecule has 0 spiro atoms. The van der Waals surface area contributed by atoms with Crippen LogP contribution >= 0.6 is 12.4 Å². The number of aromatic nitrogens is 2. The molecule has 21 heavy (non-hydrogen) atoms. The highest BCUT2D eigenvalue weighted by Crippen LogP contribution is 2.26. The molecule has 5 nitrogen and oxygen atoms in total. The SMILES string of the molecule is CC(C)c1cc(C(=O)NC(CN)C2CCCCC2)n[nH]1.Cl. The fourth-order valence-corrected chi connectivity index (χ4v) is 2.90. The maximum absolute atomic E-state index is 12.2. The Morgan fingerprint density at radius 1 is 1.43 bits per heavy atom. The van der Waals surface area contributed by atoms with E-state index < -0.39 is 0 Å². The third-order valence-electron chi connectivity index (χ3n) is 4.24. The molecule has 0 aliphatic heterocycles. The molecule has 1 saturated carbocycles. The van der Waals surface area contributed by atoms with Crippen molar-refractivity contribution in [2.24, 2.45) is 11.7 Å². The average molecular weight is 315 g/mol. The molecule has 1 aliphatic carbocycles. The van der Waals surface area contributed by atoms with Gasteiger partial charge in [-0.1, -0.05) is 33.1 Å². The molecule has 1 aliphatic rings. The van der Waals surface area contributed by atoms with Gasteiger partial charge in [-0.25, -0.2) is 0 Å². The van der Waals surface area contributed by atoms with Crippen molar-refractivity contribution in [2.45, 2.75) is 57.9 Å². The Bertz CT molecular complexity index is 441. The summed E-state index contributed by atoms with van der Waals surface area (Å²) in [6, 6.07) is 1.90. The Morgan fingerprint density at radius 2 is 2.10 bits per heavy atom. The van der Waals surface area contributed by atoms with Crippen LogP contribution in [0.15, 0.2) is 6.07 Å². The van der Waals surface area contributed by atoms with Crippen molar-refractivity contribution in [1.82, 2.24) is 15.5 Å². The van der Waals surface area contributed by atoms with Gasteiger partial charge in [0.15, 0.2) is 0 Å². The van der Waals surface area contributed by atoms with Crippen molar-refractivity contribution in [3.05, 3.63) is 17.5 Å². The molecule has 1 aromatic rings. The Balaban J connectivity index is 0.00000220. The summed E-state index contributed by atoms with van der Waals surface area (Å²) in [5.41, 5.74) is 7.28. The minimum atomic E-state index is -0.117. The second-order valence-corrected chi connectivity index (χ2v) is 6.08. The summed E-state index contributed by atoms with van der Waals surface area (Å²) >= 11 is 0. The highest BCUT2D eigenvalue weighted by Gasteiger charge is 2.25. The lowest BCUT2D eigenvalue weighted by molar-refractivity contribution is 0.0910. The molecule has 6 heteroatoms. The number of nitrogens with zero attached hydrogens (tertiary/aromatic N) is 1. The molecule has 0 saturated heterocycles. The van der Waals surface area contributed by atoms with Gasteiger partial charge in [-0.05, 0) is 30.7 Å². The molecule has 4 N–H and O–H groups in total. The summed E-state index contributed by atoms with van der Waals surface area (Å²) in [4.78, 5) is 12.2. The van der Waals surface area contributed by atoms with Crippen LogP contribution in [0.4, 0.5) is 0 Å². The first kappa shape index (κ1) is 18.0. The number of hydrogen-bond acceptors (Lipinski definition) is 3. The van der Waals surface area contributed by atoms with Crippen molar-refractivity contribution >= 4 is 18.3 Å². The summed E-state index contributed by atoms with van der Waals surface area (Å²) in [6.45, 7) is 4.64. The minimum Gasteiger partial charge on any atom is -0.346 e. The first-order valence-electron chi connectivity index (χ1n) is 7.68. The van der Waals surface area contributed by atoms with Gasteiger partial charge in [0.25, 0.3) is 5.91 Å². The van der Waals surface area contributed by atoms with E-state index in [4.69, 9.17) is 5.73 Å². The van der Waals surface area contributed by atoms with E-state index in [1.54, 1.807) is 0 Å². The lowest BCUT2D eigenvalue weighted by atomic mass is 9.84. The molecule has 1 fully saturated rings. The molecule has 0 radical (unpaired) electrons. The second kappa shape index (κ2) is 8.39. The molecule has 1 amide bonds. The summed E-state index contributed by atoms with van der Waals surface area (Å²) < 4.78 is 0. The Morgan fingerprint density at radius 3 is 2.62 bits per heavy atom. The van der Waals surface area contributed by atoms with Crippen LogP contribution in [-0.2, 0) is 0 Å². The topological polar surface area (TPSA) is 83.8 Å². The second-order valence-electron chi connectivity index (χ2n) is 6.08. The van der Waals surface area contributed by atoms with Crippen molar-refractivity contribution < 1.29 is 4.79 Å². The lowest BCUT2D eigenvalue weighted by Crippen LogP contribution is -2.46. The van der Waals surface area contributed by atoms with E-state index >= 15 is 0 Å². The highest BCUT2D eigenvalue weighted by molar-refractivity contribution is 5.92. The van der Waals surface area contributed by atoms with Crippen LogP contribution in [0.3, 0.4) is 0 Å². The molecule has 0 aromatic carbocycles. The van der Waals surface area contributed by atoms with Crippen LogP contribution in [0.2, 0.25) is 0 Å². The highest BCUT2D eigenvalue weighted by atomic mass is 35.5. The van der Waals surface area contributed by atoms with E-state index in [9.17, 15) is 4.79 Å². The van der Waals surface area contributed by atoms with E-state index in [2.05, 4.69) is 29.4 Å². The van der Waals surface area contributed by atoms with Gasteiger partial charge in [-0.3, -0.25) is 9.89 Å². The number of hydrogen-bond donors (Lipinski definition) is 3. The van der Waals surface area contributed by atoms with Gasteiger partial charge in [0.1, 0.15) is 5.69 Å². The zero-order valence-electron chi connectivity index (χ0n) is 12.9. The summed E-state index contributed by atoms with van der Waals surface area (Å²) in [5, 5.41) is 10.1. The number of aromatic amines is 1. The number of nitrogens with one attached hydrogen (secondary N) is 2. The molecule has 0 bridgehead atoms. The van der Waals surface area contributed by atoms with E-state index in [0.29, 0.717) is 24.1 Å². The number of nitrogens with two attached hydrogens (primary N) is 1. The van der Waals surface area contributed by atoms with Gasteiger partial charge in [0.05, 0.1) is 0 Å². The Kier molecular flexibility index (Phi) is 7.18. The number of rotatable bonds is 5. The smallest absolute Gasteiger partial charge is 0.272 e. The van der Waals surface area contributed by atoms with Gasteiger partial charge >= 0.3 is 0 Å². The summed E-state index contributed by atoms with van der Waals surface area (Å²) in [7, 11) is 0. The third kappa shape index (κ3) is 4.71. The van der Waals surface area contributed by atoms with Crippen molar-refractivity contribution in [3.63, 3.8) is 0 Å². The number of H-pyrrole nitrogens is 1. The summed E-state index contributed by atoms with van der Waals surface area (Å²) in [5.74, 6) is 0.739. The monoisotopic (exact) mass is 314 g/mol. The fourth-order valence-electron chi connectivity index (χ4n) is 2.90. The molecule has 1 atom stereocenters. The van der Waals surface area contributed by atoms with Crippen LogP contribution in [0.1, 0.15) is 68.1 Å². The molecule has 120 valence electrons. The van der Waals surface area contributed by atoms with Crippen LogP contribution in [0.5, 0.6) is 0 Å². The van der Waals surface area contributed by atoms with Gasteiger partial charge < -0.3 is 11.1 Å². The van der Waals surface area contributed by atoms with Crippen molar-refractivity contribution in [2.75, 3.05) is 6.54 Å². The van der Waals surface area contributed by atoms with Crippen LogP contribution in [0.25, 0.3) is 0 Å². The Labute approximate surface area is 132 Å². The van der Waals surface area contributed by atoms with Crippen molar-refractivity contribution in [3.8, 4) is 0 Å². The normalized spacial score (nSPS) is 17.3. The van der Waals surface area contributed by atoms with E-state index in [0.717, 1.165) is 5.69 Å². The first-order valence-corrected chi connectivity index (χ1v) is 7.68. The third-order valence-corrected chi connectivity index (χ3v) is 4.24. The molecule has 2 rings (SSSR count). The molecular formula is C15H27ClN4O. The predicted molar refractivity (Wildman–Crippen MR) is 86.8 cm³/mol. The summed E-state index contributed by atoms with van der Waals surface area (Å²) in [6.07, 6.45) is 6.13. The van der Waals surface area contributed by atoms with E-state index in [1.165, 1.54) is 32.1 Å². The minimum absolute atomic E-state index is 0. The first-order chi connectivity index (χ1) is 9.61. The number of carbonyl (C=O) groups is 1. The average Bonchev–Trinajstić information content (AvgIpc) is 2.95. The van der Waals surface area contributed by atoms with Gasteiger partial charge in [0, 0.05) is 18.3 Å². The van der Waals surface area contributed by atoms with E-state index in [-0.39, 0.29) is 24.4 Å². The fraction of sp³-hybridized carbons (Fsp3) is 0.733. The number of carbonyl (C=O) groups excluding carboxylic acids is 1. The zero-order chi connectivity index (χ0) is 14.5. The van der Waals surface area contributed by atoms with Crippen molar-refractivity contribution in [1.29, 1.82) is 0 Å². The maximum Gasteiger partial charge on any atom is 0.272 e. The lowest BCUT2D eigenvalue weighted by Gasteiger charge is -2.29. The predicted octanol–water partition coefficient (Wildman–Crippen LogP) is 2.59. The molecule has 1 unspecified atom stereocenters. The number of amides is 1. The van der Waals surface area contributed by atoms with Crippen LogP contribution in [0, 0.1) is 5.92 Å². The molecule has 1 aromatic heterocycles. The molecule has 1 heterocycles. The van der Waals surface area contributed by atoms with Gasteiger partial charge in [0.2, 0.25) is 0 Å².